The highest BCUT2D eigenvalue weighted by molar-refractivity contribution is 7.92. The van der Waals surface area contributed by atoms with Gasteiger partial charge in [-0.3, -0.25) is 4.79 Å². The van der Waals surface area contributed by atoms with Gasteiger partial charge in [0, 0.05) is 24.3 Å². The standard InChI is InChI=1S/C17H24N2O3S.ClH/c18-15-8-3-9-16-14(15)7-4-11-19(16)17(20)10-12-23(21,22)13-5-1-2-6-13;/h3,8-9,13H,1-2,4-7,10-12,18H2;1H. The van der Waals surface area contributed by atoms with Crippen molar-refractivity contribution < 1.29 is 13.2 Å². The van der Waals surface area contributed by atoms with E-state index in [0.717, 1.165) is 49.8 Å². The largest absolute Gasteiger partial charge is 0.398 e. The number of carbonyl (C=O) groups excluding carboxylic acids is 1. The molecule has 2 N–H and O–H groups in total. The van der Waals surface area contributed by atoms with Crippen LogP contribution in [-0.4, -0.2) is 31.9 Å². The van der Waals surface area contributed by atoms with E-state index >= 15 is 0 Å². The van der Waals surface area contributed by atoms with Crippen LogP contribution in [0.3, 0.4) is 0 Å². The molecule has 7 heteroatoms. The van der Waals surface area contributed by atoms with Crippen molar-refractivity contribution in [3.63, 3.8) is 0 Å². The highest BCUT2D eigenvalue weighted by atomic mass is 35.5. The molecule has 0 saturated heterocycles. The van der Waals surface area contributed by atoms with Crippen LogP contribution in [0.5, 0.6) is 0 Å². The normalized spacial score (nSPS) is 18.1. The van der Waals surface area contributed by atoms with Crippen LogP contribution < -0.4 is 10.6 Å². The van der Waals surface area contributed by atoms with Crippen molar-refractivity contribution in [2.24, 2.45) is 0 Å². The van der Waals surface area contributed by atoms with Crippen molar-refractivity contribution in [1.82, 2.24) is 0 Å². The number of hydrogen-bond acceptors (Lipinski definition) is 4. The predicted molar refractivity (Wildman–Crippen MR) is 99.4 cm³/mol. The first-order valence-electron chi connectivity index (χ1n) is 8.38. The van der Waals surface area contributed by atoms with E-state index in [1.54, 1.807) is 4.90 Å². The van der Waals surface area contributed by atoms with Gasteiger partial charge in [-0.1, -0.05) is 18.9 Å². The predicted octanol–water partition coefficient (Wildman–Crippen LogP) is 2.72. The molecule has 1 aromatic rings. The Kier molecular flexibility index (Phi) is 6.15. The number of fused-ring (bicyclic) bond motifs is 1. The Balaban J connectivity index is 0.00000208. The number of anilines is 2. The zero-order valence-electron chi connectivity index (χ0n) is 13.7. The summed E-state index contributed by atoms with van der Waals surface area (Å²) in [4.78, 5) is 14.3. The molecule has 1 aliphatic carbocycles. The Morgan fingerprint density at radius 2 is 1.92 bits per heavy atom. The number of nitrogen functional groups attached to an aromatic ring is 1. The minimum absolute atomic E-state index is 0. The van der Waals surface area contributed by atoms with E-state index < -0.39 is 9.84 Å². The van der Waals surface area contributed by atoms with Gasteiger partial charge < -0.3 is 10.6 Å². The van der Waals surface area contributed by atoms with Crippen molar-refractivity contribution in [1.29, 1.82) is 0 Å². The van der Waals surface area contributed by atoms with E-state index in [-0.39, 0.29) is 35.7 Å². The molecule has 0 atom stereocenters. The Morgan fingerprint density at radius 1 is 1.21 bits per heavy atom. The van der Waals surface area contributed by atoms with Crippen molar-refractivity contribution >= 4 is 39.5 Å². The summed E-state index contributed by atoms with van der Waals surface area (Å²) >= 11 is 0. The van der Waals surface area contributed by atoms with Crippen LogP contribution in [0.15, 0.2) is 18.2 Å². The summed E-state index contributed by atoms with van der Waals surface area (Å²) in [6, 6.07) is 5.58. The average Bonchev–Trinajstić information content (AvgIpc) is 3.08. The smallest absolute Gasteiger partial charge is 0.228 e. The topological polar surface area (TPSA) is 80.5 Å². The second-order valence-corrected chi connectivity index (χ2v) is 8.92. The summed E-state index contributed by atoms with van der Waals surface area (Å²) in [5.74, 6) is -0.150. The zero-order valence-corrected chi connectivity index (χ0v) is 15.4. The summed E-state index contributed by atoms with van der Waals surface area (Å²) in [6.45, 7) is 0.638. The number of amides is 1. The van der Waals surface area contributed by atoms with E-state index in [1.165, 1.54) is 0 Å². The number of sulfone groups is 1. The van der Waals surface area contributed by atoms with E-state index in [4.69, 9.17) is 5.73 Å². The molecule has 1 saturated carbocycles. The van der Waals surface area contributed by atoms with Gasteiger partial charge in [-0.2, -0.15) is 0 Å². The summed E-state index contributed by atoms with van der Waals surface area (Å²) < 4.78 is 24.7. The molecule has 1 heterocycles. The first-order valence-corrected chi connectivity index (χ1v) is 10.1. The van der Waals surface area contributed by atoms with Gasteiger partial charge in [0.25, 0.3) is 0 Å². The van der Waals surface area contributed by atoms with Gasteiger partial charge in [0.2, 0.25) is 5.91 Å². The van der Waals surface area contributed by atoms with Crippen molar-refractivity contribution in [2.45, 2.75) is 50.2 Å². The Hall–Kier alpha value is -1.27. The molecule has 0 aromatic heterocycles. The third kappa shape index (κ3) is 3.86. The highest BCUT2D eigenvalue weighted by Gasteiger charge is 2.30. The molecule has 134 valence electrons. The molecule has 1 aromatic carbocycles. The maximum Gasteiger partial charge on any atom is 0.228 e. The van der Waals surface area contributed by atoms with E-state index in [0.29, 0.717) is 12.2 Å². The maximum atomic E-state index is 12.6. The van der Waals surface area contributed by atoms with Gasteiger partial charge in [-0.25, -0.2) is 8.42 Å². The number of nitrogens with two attached hydrogens (primary N) is 1. The van der Waals surface area contributed by atoms with Crippen LogP contribution in [0.25, 0.3) is 0 Å². The van der Waals surface area contributed by atoms with Crippen molar-refractivity contribution in [3.8, 4) is 0 Å². The lowest BCUT2D eigenvalue weighted by Crippen LogP contribution is -2.37. The molecule has 0 bridgehead atoms. The van der Waals surface area contributed by atoms with Crippen LogP contribution in [0.2, 0.25) is 0 Å². The number of benzene rings is 1. The second-order valence-electron chi connectivity index (χ2n) is 6.52. The fourth-order valence-electron chi connectivity index (χ4n) is 3.69. The molecule has 1 amide bonds. The monoisotopic (exact) mass is 372 g/mol. The van der Waals surface area contributed by atoms with Crippen LogP contribution >= 0.6 is 12.4 Å². The van der Waals surface area contributed by atoms with Crippen LogP contribution in [0.4, 0.5) is 11.4 Å². The molecule has 3 rings (SSSR count). The summed E-state index contributed by atoms with van der Waals surface area (Å²) in [5, 5.41) is -0.236. The molecule has 0 radical (unpaired) electrons. The minimum Gasteiger partial charge on any atom is -0.398 e. The molecule has 0 spiro atoms. The number of halogens is 1. The number of rotatable bonds is 4. The summed E-state index contributed by atoms with van der Waals surface area (Å²) in [6.07, 6.45) is 5.26. The fraction of sp³-hybridized carbons (Fsp3) is 0.588. The van der Waals surface area contributed by atoms with Crippen LogP contribution in [0, 0.1) is 0 Å². The minimum atomic E-state index is -3.15. The molecule has 2 aliphatic rings. The Morgan fingerprint density at radius 3 is 2.62 bits per heavy atom. The Labute approximate surface area is 149 Å². The summed E-state index contributed by atoms with van der Waals surface area (Å²) in [5.41, 5.74) is 8.55. The lowest BCUT2D eigenvalue weighted by Gasteiger charge is -2.30. The second kappa shape index (κ2) is 7.74. The molecule has 1 fully saturated rings. The van der Waals surface area contributed by atoms with Gasteiger partial charge in [-0.15, -0.1) is 12.4 Å². The zero-order chi connectivity index (χ0) is 16.4. The first-order chi connectivity index (χ1) is 11.0. The van der Waals surface area contributed by atoms with Crippen molar-refractivity contribution in [3.05, 3.63) is 23.8 Å². The van der Waals surface area contributed by atoms with E-state index in [9.17, 15) is 13.2 Å². The van der Waals surface area contributed by atoms with Gasteiger partial charge in [-0.05, 0) is 43.4 Å². The molecular formula is C17H25ClN2O3S. The number of hydrogen-bond donors (Lipinski definition) is 1. The molecule has 0 unspecified atom stereocenters. The van der Waals surface area contributed by atoms with E-state index in [2.05, 4.69) is 0 Å². The molecule has 1 aliphatic heterocycles. The SMILES string of the molecule is Cl.Nc1cccc2c1CCCN2C(=O)CCS(=O)(=O)C1CCCC1. The lowest BCUT2D eigenvalue weighted by molar-refractivity contribution is -0.118. The summed E-state index contributed by atoms with van der Waals surface area (Å²) in [7, 11) is -3.15. The van der Waals surface area contributed by atoms with Crippen LogP contribution in [-0.2, 0) is 21.1 Å². The quantitative estimate of drug-likeness (QED) is 0.824. The first kappa shape index (κ1) is 19.1. The van der Waals surface area contributed by atoms with Gasteiger partial charge in [0.1, 0.15) is 0 Å². The van der Waals surface area contributed by atoms with Gasteiger partial charge >= 0.3 is 0 Å². The third-order valence-corrected chi connectivity index (χ3v) is 7.26. The Bertz CT molecular complexity index is 700. The average molecular weight is 373 g/mol. The number of carbonyl (C=O) groups is 1. The fourth-order valence-corrected chi connectivity index (χ4v) is 5.53. The molecule has 5 nitrogen and oxygen atoms in total. The maximum absolute atomic E-state index is 12.6. The van der Waals surface area contributed by atoms with Gasteiger partial charge in [0.15, 0.2) is 9.84 Å². The third-order valence-electron chi connectivity index (χ3n) is 5.00. The lowest BCUT2D eigenvalue weighted by atomic mass is 9.99. The molecule has 24 heavy (non-hydrogen) atoms. The van der Waals surface area contributed by atoms with Gasteiger partial charge in [0.05, 0.1) is 11.0 Å². The van der Waals surface area contributed by atoms with E-state index in [1.807, 2.05) is 18.2 Å². The van der Waals surface area contributed by atoms with Crippen LogP contribution in [0.1, 0.15) is 44.1 Å². The molecular weight excluding hydrogens is 348 g/mol. The number of nitrogens with zero attached hydrogens (tertiary/aromatic N) is 1. The highest BCUT2D eigenvalue weighted by Crippen LogP contribution is 2.32. The van der Waals surface area contributed by atoms with Crippen molar-refractivity contribution in [2.75, 3.05) is 22.9 Å².